The van der Waals surface area contributed by atoms with Crippen molar-refractivity contribution in [3.05, 3.63) is 64.8 Å². The van der Waals surface area contributed by atoms with Gasteiger partial charge in [-0.15, -0.1) is 0 Å². The molecule has 8 nitrogen and oxygen atoms in total. The first kappa shape index (κ1) is 30.0. The highest BCUT2D eigenvalue weighted by atomic mass is 32.2. The van der Waals surface area contributed by atoms with Gasteiger partial charge in [0.15, 0.2) is 0 Å². The molecule has 0 unspecified atom stereocenters. The topological polar surface area (TPSA) is 87.1 Å². The van der Waals surface area contributed by atoms with Gasteiger partial charge in [0.05, 0.1) is 36.9 Å². The van der Waals surface area contributed by atoms with E-state index in [1.165, 1.54) is 11.7 Å². The molecular formula is C33H40N2O6S. The molecule has 2 fully saturated rings. The number of methoxy groups -OCH3 is 2. The molecule has 9 heteroatoms. The zero-order valence-corrected chi connectivity index (χ0v) is 26.3. The molecule has 2 aliphatic rings. The lowest BCUT2D eigenvalue weighted by molar-refractivity contribution is 0.00250. The zero-order valence-electron chi connectivity index (χ0n) is 25.5. The van der Waals surface area contributed by atoms with E-state index >= 15 is 0 Å². The smallest absolute Gasteiger partial charge is 0.419 e. The normalized spacial score (nSPS) is 22.1. The number of aryl methyl sites for hydroxylation is 1. The summed E-state index contributed by atoms with van der Waals surface area (Å²) in [6.07, 6.45) is 7.39. The molecule has 0 bridgehead atoms. The molecule has 1 saturated heterocycles. The Balaban J connectivity index is 1.56. The lowest BCUT2D eigenvalue weighted by atomic mass is 9.60. The van der Waals surface area contributed by atoms with Crippen molar-refractivity contribution in [2.45, 2.75) is 70.3 Å². The number of hydrogen-bond donors (Lipinski definition) is 0. The van der Waals surface area contributed by atoms with Crippen molar-refractivity contribution in [3.8, 4) is 5.75 Å². The van der Waals surface area contributed by atoms with Crippen LogP contribution in [0.4, 0.5) is 4.79 Å². The summed E-state index contributed by atoms with van der Waals surface area (Å²) in [4.78, 5) is 41.7. The molecule has 2 heterocycles. The molecule has 0 N–H and O–H groups in total. The Morgan fingerprint density at radius 2 is 1.71 bits per heavy atom. The molecule has 2 aromatic carbocycles. The fourth-order valence-corrected chi connectivity index (χ4v) is 7.61. The van der Waals surface area contributed by atoms with Crippen LogP contribution in [-0.4, -0.2) is 65.3 Å². The van der Waals surface area contributed by atoms with Crippen LogP contribution in [0, 0.1) is 12.3 Å². The number of esters is 1. The second-order valence-electron chi connectivity index (χ2n) is 12.5. The van der Waals surface area contributed by atoms with Gasteiger partial charge in [0.25, 0.3) is 5.91 Å². The molecule has 1 aliphatic carbocycles. The van der Waals surface area contributed by atoms with Crippen LogP contribution in [0.1, 0.15) is 84.3 Å². The first-order valence-electron chi connectivity index (χ1n) is 14.3. The van der Waals surface area contributed by atoms with Gasteiger partial charge in [-0.2, -0.15) is 11.8 Å². The molecular weight excluding hydrogens is 552 g/mol. The van der Waals surface area contributed by atoms with Crippen molar-refractivity contribution in [3.63, 3.8) is 0 Å². The Morgan fingerprint density at radius 3 is 2.31 bits per heavy atom. The number of carbonyl (C=O) groups is 3. The molecule has 1 spiro atoms. The van der Waals surface area contributed by atoms with Gasteiger partial charge in [-0.25, -0.2) is 9.59 Å². The Labute approximate surface area is 251 Å². The number of hydrogen-bond acceptors (Lipinski definition) is 7. The fourth-order valence-electron chi connectivity index (χ4n) is 6.57. The maximum absolute atomic E-state index is 14.6. The summed E-state index contributed by atoms with van der Waals surface area (Å²) in [7, 11) is 2.93. The van der Waals surface area contributed by atoms with Crippen LogP contribution < -0.4 is 4.74 Å². The van der Waals surface area contributed by atoms with Crippen LogP contribution in [-0.2, 0) is 9.47 Å². The molecule has 224 valence electrons. The Kier molecular flexibility index (Phi) is 8.09. The van der Waals surface area contributed by atoms with Gasteiger partial charge in [0.2, 0.25) is 0 Å². The first-order chi connectivity index (χ1) is 19.9. The minimum Gasteiger partial charge on any atom is -0.496 e. The van der Waals surface area contributed by atoms with E-state index in [1.54, 1.807) is 31.5 Å². The number of rotatable bonds is 5. The van der Waals surface area contributed by atoms with Gasteiger partial charge >= 0.3 is 12.1 Å². The fraction of sp³-hybridized carbons (Fsp3) is 0.485. The third-order valence-corrected chi connectivity index (χ3v) is 9.66. The van der Waals surface area contributed by atoms with E-state index in [4.69, 9.17) is 14.2 Å². The van der Waals surface area contributed by atoms with E-state index in [-0.39, 0.29) is 17.4 Å². The van der Waals surface area contributed by atoms with E-state index in [0.717, 1.165) is 36.8 Å². The molecule has 1 aliphatic heterocycles. The van der Waals surface area contributed by atoms with E-state index in [9.17, 15) is 14.4 Å². The van der Waals surface area contributed by atoms with Crippen molar-refractivity contribution in [1.29, 1.82) is 0 Å². The Morgan fingerprint density at radius 1 is 1.02 bits per heavy atom. The molecule has 42 heavy (non-hydrogen) atoms. The molecule has 0 radical (unpaired) electrons. The lowest BCUT2D eigenvalue weighted by Gasteiger charge is -2.54. The Hall–Kier alpha value is -3.46. The van der Waals surface area contributed by atoms with Crippen molar-refractivity contribution in [2.24, 2.45) is 5.41 Å². The number of ether oxygens (including phenoxy) is 3. The molecule has 1 aromatic heterocycles. The summed E-state index contributed by atoms with van der Waals surface area (Å²) in [5, 5.41) is 1.30. The first-order valence-corrected chi connectivity index (χ1v) is 15.6. The number of nitrogens with zero attached hydrogens (tertiary/aromatic N) is 2. The highest BCUT2D eigenvalue weighted by molar-refractivity contribution is 7.99. The van der Waals surface area contributed by atoms with E-state index in [0.29, 0.717) is 39.6 Å². The minimum absolute atomic E-state index is 0.142. The minimum atomic E-state index is -0.663. The largest absolute Gasteiger partial charge is 0.496 e. The summed E-state index contributed by atoms with van der Waals surface area (Å²) >= 11 is 1.91. The maximum atomic E-state index is 14.6. The SMILES string of the molecule is COC(=O)c1ccc([C@@H]2CC3(CCN2C(=O)c2c(OC)cc(C)c4c2ccn4C(=O)OC(C)(C)C)CC(SC)C3)cc1. The van der Waals surface area contributed by atoms with Crippen molar-refractivity contribution in [1.82, 2.24) is 9.47 Å². The maximum Gasteiger partial charge on any atom is 0.419 e. The van der Waals surface area contributed by atoms with E-state index in [2.05, 4.69) is 6.26 Å². The van der Waals surface area contributed by atoms with Crippen LogP contribution >= 0.6 is 11.8 Å². The monoisotopic (exact) mass is 592 g/mol. The molecule has 5 rings (SSSR count). The number of aromatic nitrogens is 1. The highest BCUT2D eigenvalue weighted by Gasteiger charge is 2.50. The average molecular weight is 593 g/mol. The summed E-state index contributed by atoms with van der Waals surface area (Å²) in [5.74, 6) is -0.0628. The lowest BCUT2D eigenvalue weighted by Crippen LogP contribution is -2.51. The van der Waals surface area contributed by atoms with Gasteiger partial charge < -0.3 is 19.1 Å². The van der Waals surface area contributed by atoms with E-state index in [1.807, 2.05) is 62.6 Å². The summed E-state index contributed by atoms with van der Waals surface area (Å²) in [5.41, 5.74) is 2.86. The number of thioether (sulfide) groups is 1. The third-order valence-electron chi connectivity index (χ3n) is 8.66. The number of carbonyl (C=O) groups excluding carboxylic acids is 3. The number of fused-ring (bicyclic) bond motifs is 1. The van der Waals surface area contributed by atoms with Gasteiger partial charge in [-0.05, 0) is 100 Å². The number of benzene rings is 2. The molecule has 1 saturated carbocycles. The van der Waals surface area contributed by atoms with Crippen molar-refractivity contribution < 1.29 is 28.6 Å². The standard InChI is InChI=1S/C33H40N2O6S/c1-20-16-26(39-5)27(24-12-14-35(28(20)24)31(38)41-32(2,3)4)29(36)34-15-13-33(17-23(18-33)42-7)19-25(34)21-8-10-22(11-9-21)30(37)40-6/h8-12,14,16,23,25H,13,15,17-19H2,1-7H3/t23?,25-,33?/m0/s1. The van der Waals surface area contributed by atoms with Crippen LogP contribution in [0.15, 0.2) is 42.6 Å². The van der Waals surface area contributed by atoms with Crippen LogP contribution in [0.2, 0.25) is 0 Å². The van der Waals surface area contributed by atoms with Crippen LogP contribution in [0.25, 0.3) is 10.9 Å². The van der Waals surface area contributed by atoms with Gasteiger partial charge in [-0.1, -0.05) is 12.1 Å². The summed E-state index contributed by atoms with van der Waals surface area (Å²) in [6, 6.07) is 10.8. The number of amides is 1. The van der Waals surface area contributed by atoms with Crippen LogP contribution in [0.5, 0.6) is 5.75 Å². The second-order valence-corrected chi connectivity index (χ2v) is 13.7. The number of piperidine rings is 1. The average Bonchev–Trinajstić information content (AvgIpc) is 3.40. The number of likely N-dealkylation sites (tertiary alicyclic amines) is 1. The molecule has 1 amide bonds. The predicted octanol–water partition coefficient (Wildman–Crippen LogP) is 7.02. The van der Waals surface area contributed by atoms with Gasteiger partial charge in [-0.3, -0.25) is 9.36 Å². The third kappa shape index (κ3) is 5.51. The summed E-state index contributed by atoms with van der Waals surface area (Å²) in [6.45, 7) is 7.98. The van der Waals surface area contributed by atoms with Crippen molar-refractivity contribution in [2.75, 3.05) is 27.0 Å². The summed E-state index contributed by atoms with van der Waals surface area (Å²) < 4.78 is 17.8. The zero-order chi connectivity index (χ0) is 30.4. The predicted molar refractivity (Wildman–Crippen MR) is 165 cm³/mol. The highest BCUT2D eigenvalue weighted by Crippen LogP contribution is 2.57. The van der Waals surface area contributed by atoms with Crippen molar-refractivity contribution >= 4 is 40.6 Å². The molecule has 3 aromatic rings. The van der Waals surface area contributed by atoms with Gasteiger partial charge in [0, 0.05) is 23.4 Å². The van der Waals surface area contributed by atoms with Gasteiger partial charge in [0.1, 0.15) is 11.4 Å². The van der Waals surface area contributed by atoms with E-state index < -0.39 is 17.7 Å². The van der Waals surface area contributed by atoms with Crippen LogP contribution in [0.3, 0.4) is 0 Å². The quantitative estimate of drug-likeness (QED) is 0.294. The second kappa shape index (κ2) is 11.3. The molecule has 1 atom stereocenters. The Bertz CT molecular complexity index is 1510.